The maximum absolute atomic E-state index is 5.90. The maximum Gasteiger partial charge on any atom is 0.124 e. The van der Waals surface area contributed by atoms with Gasteiger partial charge in [-0.15, -0.1) is 11.3 Å². The fourth-order valence-electron chi connectivity index (χ4n) is 1.81. The molecule has 2 aromatic rings. The van der Waals surface area contributed by atoms with Crippen LogP contribution in [0.4, 0.5) is 0 Å². The molecule has 19 heavy (non-hydrogen) atoms. The highest BCUT2D eigenvalue weighted by Crippen LogP contribution is 2.20. The summed E-state index contributed by atoms with van der Waals surface area (Å²) < 4.78 is 5.90. The lowest BCUT2D eigenvalue weighted by atomic mass is 10.2. The second-order valence-electron chi connectivity index (χ2n) is 4.42. The topological polar surface area (TPSA) is 34.1 Å². The first kappa shape index (κ1) is 14.0. The molecule has 2 rings (SSSR count). The van der Waals surface area contributed by atoms with Crippen molar-refractivity contribution in [3.8, 4) is 5.75 Å². The van der Waals surface area contributed by atoms with Gasteiger partial charge in [-0.05, 0) is 26.0 Å². The van der Waals surface area contributed by atoms with E-state index in [1.807, 2.05) is 31.3 Å². The number of hydrogen-bond acceptors (Lipinski definition) is 4. The first-order valence-electron chi connectivity index (χ1n) is 6.62. The van der Waals surface area contributed by atoms with Gasteiger partial charge in [0, 0.05) is 18.3 Å². The number of hydrogen-bond donors (Lipinski definition) is 1. The molecule has 0 aliphatic rings. The van der Waals surface area contributed by atoms with Crippen molar-refractivity contribution < 1.29 is 4.74 Å². The summed E-state index contributed by atoms with van der Waals surface area (Å²) in [4.78, 5) is 5.40. The largest absolute Gasteiger partial charge is 0.488 e. The van der Waals surface area contributed by atoms with Crippen molar-refractivity contribution in [1.82, 2.24) is 10.3 Å². The van der Waals surface area contributed by atoms with Crippen LogP contribution in [-0.4, -0.2) is 11.5 Å². The van der Waals surface area contributed by atoms with Gasteiger partial charge < -0.3 is 10.1 Å². The van der Waals surface area contributed by atoms with Gasteiger partial charge in [-0.2, -0.15) is 0 Å². The summed E-state index contributed by atoms with van der Waals surface area (Å²) in [5, 5.41) is 4.48. The first-order chi connectivity index (χ1) is 9.29. The van der Waals surface area contributed by atoms with Crippen LogP contribution in [0.15, 0.2) is 30.5 Å². The van der Waals surface area contributed by atoms with E-state index in [1.165, 1.54) is 5.56 Å². The third-order valence-electron chi connectivity index (χ3n) is 2.75. The van der Waals surface area contributed by atoms with Crippen LogP contribution < -0.4 is 10.1 Å². The average Bonchev–Trinajstić information content (AvgIpc) is 2.84. The van der Waals surface area contributed by atoms with Crippen molar-refractivity contribution in [3.05, 3.63) is 45.9 Å². The molecule has 0 atom stereocenters. The van der Waals surface area contributed by atoms with Crippen molar-refractivity contribution in [1.29, 1.82) is 0 Å². The number of para-hydroxylation sites is 1. The molecule has 0 saturated heterocycles. The average molecular weight is 276 g/mol. The number of thiazole rings is 1. The highest BCUT2D eigenvalue weighted by Gasteiger charge is 2.04. The van der Waals surface area contributed by atoms with Gasteiger partial charge in [0.15, 0.2) is 0 Å². The van der Waals surface area contributed by atoms with E-state index >= 15 is 0 Å². The molecule has 102 valence electrons. The molecule has 0 amide bonds. The van der Waals surface area contributed by atoms with Gasteiger partial charge in [0.05, 0.1) is 9.88 Å². The Labute approximate surface area is 118 Å². The van der Waals surface area contributed by atoms with E-state index in [-0.39, 0.29) is 0 Å². The molecule has 1 heterocycles. The monoisotopic (exact) mass is 276 g/mol. The fourth-order valence-corrected chi connectivity index (χ4v) is 2.52. The van der Waals surface area contributed by atoms with Crippen LogP contribution in [-0.2, 0) is 13.2 Å². The van der Waals surface area contributed by atoms with E-state index in [0.717, 1.165) is 35.1 Å². The molecule has 0 radical (unpaired) electrons. The molecular formula is C15H20N2OS. The molecule has 0 aliphatic carbocycles. The van der Waals surface area contributed by atoms with E-state index in [4.69, 9.17) is 4.74 Å². The maximum atomic E-state index is 5.90. The highest BCUT2D eigenvalue weighted by atomic mass is 32.1. The zero-order valence-electron chi connectivity index (χ0n) is 11.5. The molecule has 0 aliphatic heterocycles. The van der Waals surface area contributed by atoms with E-state index in [9.17, 15) is 0 Å². The van der Waals surface area contributed by atoms with Crippen molar-refractivity contribution in [2.24, 2.45) is 0 Å². The van der Waals surface area contributed by atoms with Gasteiger partial charge in [-0.1, -0.05) is 25.1 Å². The Kier molecular flexibility index (Phi) is 5.36. The van der Waals surface area contributed by atoms with Gasteiger partial charge in [-0.3, -0.25) is 0 Å². The lowest BCUT2D eigenvalue weighted by Crippen LogP contribution is -2.14. The number of aryl methyl sites for hydroxylation is 1. The number of aromatic nitrogens is 1. The smallest absolute Gasteiger partial charge is 0.124 e. The highest BCUT2D eigenvalue weighted by molar-refractivity contribution is 7.11. The molecular weight excluding hydrogens is 256 g/mol. The van der Waals surface area contributed by atoms with Crippen molar-refractivity contribution >= 4 is 11.3 Å². The van der Waals surface area contributed by atoms with Crippen LogP contribution in [0.3, 0.4) is 0 Å². The third-order valence-corrected chi connectivity index (χ3v) is 3.64. The SMILES string of the molecule is CCCNCc1ccccc1OCc1cnc(C)s1. The lowest BCUT2D eigenvalue weighted by molar-refractivity contribution is 0.305. The number of ether oxygens (including phenoxy) is 1. The normalized spacial score (nSPS) is 10.6. The Morgan fingerprint density at radius 2 is 2.16 bits per heavy atom. The van der Waals surface area contributed by atoms with Crippen LogP contribution in [0.2, 0.25) is 0 Å². The summed E-state index contributed by atoms with van der Waals surface area (Å²) in [5.41, 5.74) is 1.21. The summed E-state index contributed by atoms with van der Waals surface area (Å²) in [6.45, 7) is 6.66. The molecule has 3 nitrogen and oxygen atoms in total. The van der Waals surface area contributed by atoms with E-state index < -0.39 is 0 Å². The summed E-state index contributed by atoms with van der Waals surface area (Å²) in [5.74, 6) is 0.956. The predicted octanol–water partition coefficient (Wildman–Crippen LogP) is 3.53. The Bertz CT molecular complexity index is 510. The third kappa shape index (κ3) is 4.33. The quantitative estimate of drug-likeness (QED) is 0.786. The van der Waals surface area contributed by atoms with Crippen LogP contribution in [0.1, 0.15) is 28.8 Å². The number of nitrogens with zero attached hydrogens (tertiary/aromatic N) is 1. The molecule has 1 N–H and O–H groups in total. The Balaban J connectivity index is 1.95. The minimum absolute atomic E-state index is 0.594. The van der Waals surface area contributed by atoms with Crippen LogP contribution in [0.25, 0.3) is 0 Å². The molecule has 0 saturated carbocycles. The Hall–Kier alpha value is -1.39. The van der Waals surface area contributed by atoms with E-state index in [2.05, 4.69) is 23.3 Å². The standard InChI is InChI=1S/C15H20N2OS/c1-3-8-16-9-13-6-4-5-7-15(13)18-11-14-10-17-12(2)19-14/h4-7,10,16H,3,8-9,11H2,1-2H3. The Morgan fingerprint density at radius 1 is 1.32 bits per heavy atom. The van der Waals surface area contributed by atoms with Crippen molar-refractivity contribution in [2.75, 3.05) is 6.54 Å². The first-order valence-corrected chi connectivity index (χ1v) is 7.44. The van der Waals surface area contributed by atoms with Gasteiger partial charge in [0.1, 0.15) is 12.4 Å². The van der Waals surface area contributed by atoms with Crippen molar-refractivity contribution in [3.63, 3.8) is 0 Å². The second kappa shape index (κ2) is 7.26. The van der Waals surface area contributed by atoms with Crippen LogP contribution >= 0.6 is 11.3 Å². The minimum Gasteiger partial charge on any atom is -0.488 e. The Morgan fingerprint density at radius 3 is 2.89 bits per heavy atom. The molecule has 1 aromatic carbocycles. The molecule has 0 bridgehead atoms. The second-order valence-corrected chi connectivity index (χ2v) is 5.74. The molecule has 1 aromatic heterocycles. The van der Waals surface area contributed by atoms with E-state index in [0.29, 0.717) is 6.61 Å². The zero-order chi connectivity index (χ0) is 13.5. The summed E-state index contributed by atoms with van der Waals surface area (Å²) >= 11 is 1.68. The van der Waals surface area contributed by atoms with Crippen molar-refractivity contribution in [2.45, 2.75) is 33.4 Å². The number of nitrogens with one attached hydrogen (secondary N) is 1. The van der Waals surface area contributed by atoms with E-state index in [1.54, 1.807) is 11.3 Å². The fraction of sp³-hybridized carbons (Fsp3) is 0.400. The van der Waals surface area contributed by atoms with Crippen LogP contribution in [0, 0.1) is 6.92 Å². The van der Waals surface area contributed by atoms with Gasteiger partial charge in [0.25, 0.3) is 0 Å². The number of rotatable bonds is 7. The summed E-state index contributed by atoms with van der Waals surface area (Å²) in [6.07, 6.45) is 3.03. The molecule has 4 heteroatoms. The molecule has 0 unspecified atom stereocenters. The van der Waals surface area contributed by atoms with Gasteiger partial charge in [-0.25, -0.2) is 4.98 Å². The summed E-state index contributed by atoms with van der Waals surface area (Å²) in [6, 6.07) is 8.19. The van der Waals surface area contributed by atoms with Crippen LogP contribution in [0.5, 0.6) is 5.75 Å². The zero-order valence-corrected chi connectivity index (χ0v) is 12.3. The predicted molar refractivity (Wildman–Crippen MR) is 79.6 cm³/mol. The molecule has 0 fully saturated rings. The van der Waals surface area contributed by atoms with Gasteiger partial charge >= 0.3 is 0 Å². The lowest BCUT2D eigenvalue weighted by Gasteiger charge is -2.11. The molecule has 0 spiro atoms. The van der Waals surface area contributed by atoms with Gasteiger partial charge in [0.2, 0.25) is 0 Å². The minimum atomic E-state index is 0.594. The summed E-state index contributed by atoms with van der Waals surface area (Å²) in [7, 11) is 0. The number of benzene rings is 1.